The van der Waals surface area contributed by atoms with Crippen LogP contribution in [-0.2, 0) is 0 Å². The molecule has 3 aromatic heterocycles. The average molecular weight is 238 g/mol. The number of pyridine rings is 2. The number of hydrogen-bond donors (Lipinski definition) is 1. The maximum absolute atomic E-state index is 4.74. The first-order valence-corrected chi connectivity index (χ1v) is 6.39. The molecule has 1 fully saturated rings. The fraction of sp³-hybridized carbons (Fsp3) is 0.286. The summed E-state index contributed by atoms with van der Waals surface area (Å²) in [5, 5.41) is 2.30. The van der Waals surface area contributed by atoms with Gasteiger partial charge >= 0.3 is 0 Å². The topological polar surface area (TPSA) is 44.8 Å². The standard InChI is InChI=1S/C14H14N4/c1-2-8-18(7-1)13-4-3-10-11-9-15-6-5-12(11)16-14(10)17-13/h3-6,9H,1-2,7-8H2,(H,16,17). The van der Waals surface area contributed by atoms with Crippen LogP contribution < -0.4 is 4.90 Å². The lowest BCUT2D eigenvalue weighted by Crippen LogP contribution is -2.18. The van der Waals surface area contributed by atoms with Crippen molar-refractivity contribution >= 4 is 27.8 Å². The number of hydrogen-bond acceptors (Lipinski definition) is 3. The number of aromatic amines is 1. The molecular weight excluding hydrogens is 224 g/mol. The lowest BCUT2D eigenvalue weighted by molar-refractivity contribution is 0.942. The van der Waals surface area contributed by atoms with E-state index in [0.717, 1.165) is 40.8 Å². The highest BCUT2D eigenvalue weighted by Crippen LogP contribution is 2.26. The number of nitrogens with zero attached hydrogens (tertiary/aromatic N) is 3. The van der Waals surface area contributed by atoms with E-state index in [0.29, 0.717) is 0 Å². The first-order valence-electron chi connectivity index (χ1n) is 6.39. The SMILES string of the molecule is c1cc2[nH]c3nc(N4CCCC4)ccc3c2cn1. The first-order chi connectivity index (χ1) is 8.92. The molecule has 4 rings (SSSR count). The van der Waals surface area contributed by atoms with E-state index in [2.05, 4.69) is 27.0 Å². The summed E-state index contributed by atoms with van der Waals surface area (Å²) >= 11 is 0. The summed E-state index contributed by atoms with van der Waals surface area (Å²) in [5.74, 6) is 1.08. The third-order valence-electron chi connectivity index (χ3n) is 3.67. The van der Waals surface area contributed by atoms with Gasteiger partial charge in [0.25, 0.3) is 0 Å². The van der Waals surface area contributed by atoms with Crippen LogP contribution in [0.4, 0.5) is 5.82 Å². The van der Waals surface area contributed by atoms with E-state index in [4.69, 9.17) is 4.98 Å². The van der Waals surface area contributed by atoms with Crippen LogP contribution in [-0.4, -0.2) is 28.0 Å². The number of aromatic nitrogens is 3. The third-order valence-corrected chi connectivity index (χ3v) is 3.67. The lowest BCUT2D eigenvalue weighted by atomic mass is 10.2. The monoisotopic (exact) mass is 238 g/mol. The van der Waals surface area contributed by atoms with Gasteiger partial charge in [0.15, 0.2) is 0 Å². The van der Waals surface area contributed by atoms with Gasteiger partial charge in [-0.3, -0.25) is 4.98 Å². The molecule has 4 heterocycles. The van der Waals surface area contributed by atoms with Crippen LogP contribution in [0.15, 0.2) is 30.6 Å². The Morgan fingerprint density at radius 3 is 2.83 bits per heavy atom. The summed E-state index contributed by atoms with van der Waals surface area (Å²) < 4.78 is 0. The molecular formula is C14H14N4. The molecule has 1 aliphatic heterocycles. The first kappa shape index (κ1) is 9.88. The number of rotatable bonds is 1. The van der Waals surface area contributed by atoms with Crippen molar-refractivity contribution < 1.29 is 0 Å². The molecule has 4 heteroatoms. The normalized spacial score (nSPS) is 15.9. The predicted molar refractivity (Wildman–Crippen MR) is 72.8 cm³/mol. The predicted octanol–water partition coefficient (Wildman–Crippen LogP) is 2.71. The van der Waals surface area contributed by atoms with Gasteiger partial charge in [-0.1, -0.05) is 0 Å². The van der Waals surface area contributed by atoms with Gasteiger partial charge in [0, 0.05) is 36.3 Å². The highest BCUT2D eigenvalue weighted by molar-refractivity contribution is 6.05. The van der Waals surface area contributed by atoms with Gasteiger partial charge in [-0.15, -0.1) is 0 Å². The summed E-state index contributed by atoms with van der Waals surface area (Å²) in [6.07, 6.45) is 6.25. The second-order valence-electron chi connectivity index (χ2n) is 4.81. The van der Waals surface area contributed by atoms with Crippen molar-refractivity contribution in [3.05, 3.63) is 30.6 Å². The molecule has 1 saturated heterocycles. The molecule has 0 spiro atoms. The van der Waals surface area contributed by atoms with Gasteiger partial charge < -0.3 is 9.88 Å². The van der Waals surface area contributed by atoms with E-state index in [1.807, 2.05) is 12.3 Å². The van der Waals surface area contributed by atoms with Crippen molar-refractivity contribution in [2.45, 2.75) is 12.8 Å². The number of H-pyrrole nitrogens is 1. The second kappa shape index (κ2) is 3.70. The Labute approximate surface area is 105 Å². The molecule has 0 amide bonds. The van der Waals surface area contributed by atoms with Gasteiger partial charge in [0.05, 0.1) is 5.52 Å². The van der Waals surface area contributed by atoms with Gasteiger partial charge in [0.1, 0.15) is 11.5 Å². The summed E-state index contributed by atoms with van der Waals surface area (Å²) in [5.41, 5.74) is 2.06. The molecule has 4 nitrogen and oxygen atoms in total. The minimum atomic E-state index is 0.961. The Morgan fingerprint density at radius 1 is 1.06 bits per heavy atom. The Hall–Kier alpha value is -2.10. The smallest absolute Gasteiger partial charge is 0.140 e. The highest BCUT2D eigenvalue weighted by atomic mass is 15.2. The van der Waals surface area contributed by atoms with Gasteiger partial charge in [-0.2, -0.15) is 0 Å². The molecule has 0 bridgehead atoms. The maximum atomic E-state index is 4.74. The molecule has 18 heavy (non-hydrogen) atoms. The Kier molecular flexibility index (Phi) is 2.03. The summed E-state index contributed by atoms with van der Waals surface area (Å²) in [6, 6.07) is 6.26. The Bertz CT molecular complexity index is 710. The fourth-order valence-electron chi connectivity index (χ4n) is 2.73. The third kappa shape index (κ3) is 1.38. The molecule has 0 aromatic carbocycles. The molecule has 1 aliphatic rings. The van der Waals surface area contributed by atoms with Crippen molar-refractivity contribution in [3.63, 3.8) is 0 Å². The van der Waals surface area contributed by atoms with Crippen LogP contribution >= 0.6 is 0 Å². The minimum absolute atomic E-state index is 0.961. The Balaban J connectivity index is 1.92. The van der Waals surface area contributed by atoms with Crippen molar-refractivity contribution in [2.75, 3.05) is 18.0 Å². The highest BCUT2D eigenvalue weighted by Gasteiger charge is 2.14. The zero-order chi connectivity index (χ0) is 11.9. The summed E-state index contributed by atoms with van der Waals surface area (Å²) in [6.45, 7) is 2.25. The molecule has 0 radical (unpaired) electrons. The van der Waals surface area contributed by atoms with E-state index in [1.165, 1.54) is 12.8 Å². The molecule has 0 atom stereocenters. The van der Waals surface area contributed by atoms with Gasteiger partial charge in [-0.25, -0.2) is 4.98 Å². The van der Waals surface area contributed by atoms with Gasteiger partial charge in [0.2, 0.25) is 0 Å². The lowest BCUT2D eigenvalue weighted by Gasteiger charge is -2.15. The van der Waals surface area contributed by atoms with Crippen molar-refractivity contribution in [1.82, 2.24) is 15.0 Å². The van der Waals surface area contributed by atoms with E-state index in [9.17, 15) is 0 Å². The van der Waals surface area contributed by atoms with Crippen LogP contribution in [0, 0.1) is 0 Å². The van der Waals surface area contributed by atoms with Crippen LogP contribution in [0.2, 0.25) is 0 Å². The zero-order valence-electron chi connectivity index (χ0n) is 10.1. The van der Waals surface area contributed by atoms with E-state index >= 15 is 0 Å². The van der Waals surface area contributed by atoms with Gasteiger partial charge in [-0.05, 0) is 31.0 Å². The average Bonchev–Trinajstić information content (AvgIpc) is 3.05. The van der Waals surface area contributed by atoms with Crippen molar-refractivity contribution in [2.24, 2.45) is 0 Å². The fourth-order valence-corrected chi connectivity index (χ4v) is 2.73. The second-order valence-corrected chi connectivity index (χ2v) is 4.81. The van der Waals surface area contributed by atoms with E-state index < -0.39 is 0 Å². The Morgan fingerprint density at radius 2 is 1.94 bits per heavy atom. The van der Waals surface area contributed by atoms with E-state index in [1.54, 1.807) is 6.20 Å². The van der Waals surface area contributed by atoms with Crippen LogP contribution in [0.25, 0.3) is 21.9 Å². The number of nitrogens with one attached hydrogen (secondary N) is 1. The largest absolute Gasteiger partial charge is 0.357 e. The van der Waals surface area contributed by atoms with Crippen LogP contribution in [0.5, 0.6) is 0 Å². The number of anilines is 1. The molecule has 90 valence electrons. The zero-order valence-corrected chi connectivity index (χ0v) is 10.1. The van der Waals surface area contributed by atoms with Crippen LogP contribution in [0.1, 0.15) is 12.8 Å². The van der Waals surface area contributed by atoms with Crippen molar-refractivity contribution in [1.29, 1.82) is 0 Å². The minimum Gasteiger partial charge on any atom is -0.357 e. The summed E-state index contributed by atoms with van der Waals surface area (Å²) in [7, 11) is 0. The quantitative estimate of drug-likeness (QED) is 0.709. The number of fused-ring (bicyclic) bond motifs is 3. The molecule has 0 saturated carbocycles. The van der Waals surface area contributed by atoms with E-state index in [-0.39, 0.29) is 0 Å². The maximum Gasteiger partial charge on any atom is 0.140 e. The van der Waals surface area contributed by atoms with Crippen molar-refractivity contribution in [3.8, 4) is 0 Å². The molecule has 1 N–H and O–H groups in total. The summed E-state index contributed by atoms with van der Waals surface area (Å²) in [4.78, 5) is 14.6. The molecule has 0 aliphatic carbocycles. The molecule has 3 aromatic rings. The molecule has 0 unspecified atom stereocenters. The van der Waals surface area contributed by atoms with Crippen LogP contribution in [0.3, 0.4) is 0 Å².